The monoisotopic (exact) mass is 496 g/mol. The lowest BCUT2D eigenvalue weighted by molar-refractivity contribution is -0.143. The Morgan fingerprint density at radius 2 is 1.93 bits per heavy atom. The van der Waals surface area contributed by atoms with Crippen molar-refractivity contribution in [3.63, 3.8) is 0 Å². The van der Waals surface area contributed by atoms with E-state index in [0.717, 1.165) is 3.57 Å². The van der Waals surface area contributed by atoms with Gasteiger partial charge in [-0.15, -0.1) is 0 Å². The van der Waals surface area contributed by atoms with E-state index in [1.807, 2.05) is 0 Å². The average molecular weight is 496 g/mol. The van der Waals surface area contributed by atoms with Gasteiger partial charge in [0, 0.05) is 9.26 Å². The maximum atomic E-state index is 12.8. The number of esters is 2. The molecule has 148 valence electrons. The Morgan fingerprint density at radius 1 is 1.18 bits per heavy atom. The standard InChI is InChI=1S/C20H21IN2O5/c1-3-28-18(24)11-17(12-5-4-6-13(9-12)20(26)27-2)23-19(25)15-10-14(21)7-8-16(15)22/h4-10,17H,3,11,22H2,1-2H3,(H,23,25). The molecule has 0 radical (unpaired) electrons. The Morgan fingerprint density at radius 3 is 2.61 bits per heavy atom. The van der Waals surface area contributed by atoms with Crippen LogP contribution in [0.25, 0.3) is 0 Å². The third kappa shape index (κ3) is 5.69. The lowest BCUT2D eigenvalue weighted by atomic mass is 10.0. The second kappa shape index (κ2) is 10.1. The fraction of sp³-hybridized carbons (Fsp3) is 0.250. The Hall–Kier alpha value is -2.62. The Bertz CT molecular complexity index is 885. The van der Waals surface area contributed by atoms with Gasteiger partial charge in [0.05, 0.1) is 37.3 Å². The number of ether oxygens (including phenoxy) is 2. The summed E-state index contributed by atoms with van der Waals surface area (Å²) in [5.41, 5.74) is 7.45. The summed E-state index contributed by atoms with van der Waals surface area (Å²) in [6.07, 6.45) is -0.0892. The second-order valence-corrected chi connectivity index (χ2v) is 7.13. The Kier molecular flexibility index (Phi) is 7.80. The van der Waals surface area contributed by atoms with Crippen LogP contribution in [0, 0.1) is 3.57 Å². The van der Waals surface area contributed by atoms with Crippen LogP contribution in [0.15, 0.2) is 42.5 Å². The molecule has 0 spiro atoms. The van der Waals surface area contributed by atoms with Crippen LogP contribution in [0.2, 0.25) is 0 Å². The van der Waals surface area contributed by atoms with Crippen molar-refractivity contribution in [2.24, 2.45) is 0 Å². The van der Waals surface area contributed by atoms with Gasteiger partial charge >= 0.3 is 11.9 Å². The van der Waals surface area contributed by atoms with Gasteiger partial charge in [-0.25, -0.2) is 4.79 Å². The summed E-state index contributed by atoms with van der Waals surface area (Å²) < 4.78 is 10.6. The summed E-state index contributed by atoms with van der Waals surface area (Å²) in [7, 11) is 1.28. The maximum absolute atomic E-state index is 12.8. The number of rotatable bonds is 7. The first-order chi connectivity index (χ1) is 13.3. The van der Waals surface area contributed by atoms with E-state index in [1.165, 1.54) is 7.11 Å². The van der Waals surface area contributed by atoms with E-state index in [-0.39, 0.29) is 13.0 Å². The van der Waals surface area contributed by atoms with Crippen LogP contribution in [0.3, 0.4) is 0 Å². The van der Waals surface area contributed by atoms with Crippen LogP contribution in [0.4, 0.5) is 5.69 Å². The smallest absolute Gasteiger partial charge is 0.337 e. The molecule has 0 heterocycles. The molecule has 2 rings (SSSR count). The summed E-state index contributed by atoms with van der Waals surface area (Å²) >= 11 is 2.09. The van der Waals surface area contributed by atoms with E-state index in [9.17, 15) is 14.4 Å². The third-order valence-electron chi connectivity index (χ3n) is 3.95. The van der Waals surface area contributed by atoms with E-state index < -0.39 is 23.9 Å². The molecule has 8 heteroatoms. The first-order valence-electron chi connectivity index (χ1n) is 8.55. The van der Waals surface area contributed by atoms with Crippen molar-refractivity contribution in [1.82, 2.24) is 5.32 Å². The normalized spacial score (nSPS) is 11.4. The summed E-state index contributed by atoms with van der Waals surface area (Å²) in [6, 6.07) is 11.0. The number of hydrogen-bond donors (Lipinski definition) is 2. The highest BCUT2D eigenvalue weighted by atomic mass is 127. The van der Waals surface area contributed by atoms with Gasteiger partial charge in [0.1, 0.15) is 0 Å². The zero-order valence-corrected chi connectivity index (χ0v) is 17.7. The maximum Gasteiger partial charge on any atom is 0.337 e. The topological polar surface area (TPSA) is 108 Å². The zero-order valence-electron chi connectivity index (χ0n) is 15.5. The number of methoxy groups -OCH3 is 1. The van der Waals surface area contributed by atoms with Crippen molar-refractivity contribution < 1.29 is 23.9 Å². The van der Waals surface area contributed by atoms with Gasteiger partial charge in [0.2, 0.25) is 0 Å². The van der Waals surface area contributed by atoms with Crippen molar-refractivity contribution in [2.75, 3.05) is 19.5 Å². The van der Waals surface area contributed by atoms with Crippen LogP contribution in [-0.2, 0) is 14.3 Å². The summed E-state index contributed by atoms with van der Waals surface area (Å²) in [5, 5.41) is 2.82. The van der Waals surface area contributed by atoms with Gasteiger partial charge in [0.15, 0.2) is 0 Å². The van der Waals surface area contributed by atoms with E-state index in [0.29, 0.717) is 22.4 Å². The van der Waals surface area contributed by atoms with Gasteiger partial charge in [-0.3, -0.25) is 9.59 Å². The van der Waals surface area contributed by atoms with Gasteiger partial charge < -0.3 is 20.5 Å². The molecule has 3 N–H and O–H groups in total. The predicted molar refractivity (Wildman–Crippen MR) is 113 cm³/mol. The van der Waals surface area contributed by atoms with Crippen molar-refractivity contribution in [3.05, 3.63) is 62.7 Å². The van der Waals surface area contributed by atoms with Gasteiger partial charge in [-0.2, -0.15) is 0 Å². The number of anilines is 1. The van der Waals surface area contributed by atoms with Gasteiger partial charge in [-0.1, -0.05) is 12.1 Å². The minimum Gasteiger partial charge on any atom is -0.466 e. The van der Waals surface area contributed by atoms with Crippen LogP contribution < -0.4 is 11.1 Å². The number of halogens is 1. The molecule has 0 saturated carbocycles. The fourth-order valence-corrected chi connectivity index (χ4v) is 3.09. The molecule has 1 amide bonds. The highest BCUT2D eigenvalue weighted by molar-refractivity contribution is 14.1. The molecule has 0 aromatic heterocycles. The van der Waals surface area contributed by atoms with Crippen LogP contribution in [0.5, 0.6) is 0 Å². The quantitative estimate of drug-likeness (QED) is 0.347. The number of carbonyl (C=O) groups excluding carboxylic acids is 3. The minimum absolute atomic E-state index is 0.0892. The van der Waals surface area contributed by atoms with E-state index in [4.69, 9.17) is 15.2 Å². The molecule has 1 unspecified atom stereocenters. The summed E-state index contributed by atoms with van der Waals surface area (Å²) in [5.74, 6) is -1.40. The lowest BCUT2D eigenvalue weighted by Gasteiger charge is -2.20. The van der Waals surface area contributed by atoms with Crippen molar-refractivity contribution in [1.29, 1.82) is 0 Å². The molecule has 1 atom stereocenters. The SMILES string of the molecule is CCOC(=O)CC(NC(=O)c1cc(I)ccc1N)c1cccc(C(=O)OC)c1. The zero-order chi connectivity index (χ0) is 20.7. The first kappa shape index (κ1) is 21.7. The molecule has 0 aliphatic rings. The number of amides is 1. The summed E-state index contributed by atoms with van der Waals surface area (Å²) in [4.78, 5) is 36.6. The van der Waals surface area contributed by atoms with Crippen molar-refractivity contribution >= 4 is 46.1 Å². The Labute approximate surface area is 176 Å². The van der Waals surface area contributed by atoms with Gasteiger partial charge in [-0.05, 0) is 65.4 Å². The number of benzene rings is 2. The molecule has 0 aliphatic carbocycles. The molecule has 7 nitrogen and oxygen atoms in total. The molecule has 0 bridgehead atoms. The number of nitrogens with one attached hydrogen (secondary N) is 1. The molecular weight excluding hydrogens is 475 g/mol. The molecule has 0 aliphatic heterocycles. The van der Waals surface area contributed by atoms with E-state index >= 15 is 0 Å². The molecule has 2 aromatic rings. The average Bonchev–Trinajstić information content (AvgIpc) is 2.68. The predicted octanol–water partition coefficient (Wildman–Crippen LogP) is 3.08. The van der Waals surface area contributed by atoms with Crippen molar-refractivity contribution in [2.45, 2.75) is 19.4 Å². The second-order valence-electron chi connectivity index (χ2n) is 5.88. The van der Waals surface area contributed by atoms with Crippen LogP contribution >= 0.6 is 22.6 Å². The molecule has 0 fully saturated rings. The van der Waals surface area contributed by atoms with Crippen LogP contribution in [0.1, 0.15) is 45.7 Å². The van der Waals surface area contributed by atoms with Crippen molar-refractivity contribution in [3.8, 4) is 0 Å². The molecular formula is C20H21IN2O5. The highest BCUT2D eigenvalue weighted by Gasteiger charge is 2.22. The number of carbonyl (C=O) groups is 3. The number of hydrogen-bond acceptors (Lipinski definition) is 6. The molecule has 0 saturated heterocycles. The third-order valence-corrected chi connectivity index (χ3v) is 4.62. The summed E-state index contributed by atoms with van der Waals surface area (Å²) in [6.45, 7) is 1.93. The minimum atomic E-state index is -0.701. The van der Waals surface area contributed by atoms with Crippen LogP contribution in [-0.4, -0.2) is 31.6 Å². The molecule has 28 heavy (non-hydrogen) atoms. The molecule has 2 aromatic carbocycles. The Balaban J connectivity index is 2.34. The van der Waals surface area contributed by atoms with E-state index in [2.05, 4.69) is 27.9 Å². The van der Waals surface area contributed by atoms with E-state index in [1.54, 1.807) is 49.4 Å². The fourth-order valence-electron chi connectivity index (χ4n) is 2.60. The lowest BCUT2D eigenvalue weighted by Crippen LogP contribution is -2.31. The number of nitrogen functional groups attached to an aromatic ring is 1. The largest absolute Gasteiger partial charge is 0.466 e. The highest BCUT2D eigenvalue weighted by Crippen LogP contribution is 2.22. The number of nitrogens with two attached hydrogens (primary N) is 1. The first-order valence-corrected chi connectivity index (χ1v) is 9.63. The van der Waals surface area contributed by atoms with Gasteiger partial charge in [0.25, 0.3) is 5.91 Å².